The Morgan fingerprint density at radius 3 is 2.38 bits per heavy atom. The fourth-order valence-electron chi connectivity index (χ4n) is 2.07. The van der Waals surface area contributed by atoms with E-state index in [9.17, 15) is 15.0 Å². The van der Waals surface area contributed by atoms with Gasteiger partial charge >= 0.3 is 5.97 Å². The molecule has 0 aliphatic heterocycles. The molecule has 0 saturated carbocycles. The van der Waals surface area contributed by atoms with E-state index in [2.05, 4.69) is 0 Å². The zero-order chi connectivity index (χ0) is 15.2. The first-order chi connectivity index (χ1) is 10.1. The Morgan fingerprint density at radius 2 is 1.71 bits per heavy atom. The van der Waals surface area contributed by atoms with Crippen LogP contribution in [0.15, 0.2) is 54.6 Å². The van der Waals surface area contributed by atoms with Crippen molar-refractivity contribution in [3.05, 3.63) is 60.2 Å². The zero-order valence-corrected chi connectivity index (χ0v) is 11.8. The fraction of sp³-hybridized carbons (Fsp3) is 0.235. The van der Waals surface area contributed by atoms with Gasteiger partial charge in [0.25, 0.3) is 0 Å². The third-order valence-corrected chi connectivity index (χ3v) is 3.16. The van der Waals surface area contributed by atoms with E-state index in [1.165, 1.54) is 0 Å². The molecule has 2 aromatic rings. The van der Waals surface area contributed by atoms with Gasteiger partial charge in [0.2, 0.25) is 0 Å². The number of esters is 1. The zero-order valence-electron chi connectivity index (χ0n) is 11.8. The molecule has 110 valence electrons. The third kappa shape index (κ3) is 3.68. The van der Waals surface area contributed by atoms with E-state index in [0.717, 1.165) is 11.1 Å². The van der Waals surface area contributed by atoms with E-state index >= 15 is 0 Å². The van der Waals surface area contributed by atoms with Crippen molar-refractivity contribution in [2.24, 2.45) is 0 Å². The fourth-order valence-corrected chi connectivity index (χ4v) is 2.07. The number of carbonyl (C=O) groups is 1. The summed E-state index contributed by atoms with van der Waals surface area (Å²) in [4.78, 5) is 11.5. The number of carbonyl (C=O) groups excluding carboxylic acids is 1. The maximum absolute atomic E-state index is 11.5. The molecule has 0 saturated heterocycles. The van der Waals surface area contributed by atoms with Gasteiger partial charge in [-0.2, -0.15) is 0 Å². The summed E-state index contributed by atoms with van der Waals surface area (Å²) < 4.78 is 4.71. The maximum atomic E-state index is 11.5. The Bertz CT molecular complexity index is 595. The summed E-state index contributed by atoms with van der Waals surface area (Å²) in [6, 6.07) is 16.8. The largest absolute Gasteiger partial charge is 0.464 e. The predicted molar refractivity (Wildman–Crippen MR) is 79.5 cm³/mol. The van der Waals surface area contributed by atoms with Gasteiger partial charge < -0.3 is 14.9 Å². The highest BCUT2D eigenvalue weighted by Crippen LogP contribution is 2.25. The van der Waals surface area contributed by atoms with Crippen LogP contribution in [0.4, 0.5) is 0 Å². The Kier molecular flexibility index (Phi) is 5.09. The summed E-state index contributed by atoms with van der Waals surface area (Å²) in [5.41, 5.74) is 2.37. The number of aliphatic hydroxyl groups is 2. The van der Waals surface area contributed by atoms with E-state index in [-0.39, 0.29) is 6.61 Å². The van der Waals surface area contributed by atoms with Crippen molar-refractivity contribution in [2.45, 2.75) is 19.1 Å². The van der Waals surface area contributed by atoms with E-state index in [4.69, 9.17) is 4.74 Å². The minimum absolute atomic E-state index is 0.159. The maximum Gasteiger partial charge on any atom is 0.338 e. The molecule has 0 aliphatic rings. The van der Waals surface area contributed by atoms with Gasteiger partial charge in [0.1, 0.15) is 6.10 Å². The van der Waals surface area contributed by atoms with Gasteiger partial charge in [-0.25, -0.2) is 4.79 Å². The highest BCUT2D eigenvalue weighted by molar-refractivity contribution is 5.75. The lowest BCUT2D eigenvalue weighted by molar-refractivity contribution is -0.159. The van der Waals surface area contributed by atoms with Gasteiger partial charge in [0.05, 0.1) is 6.61 Å². The number of aliphatic hydroxyl groups excluding tert-OH is 2. The van der Waals surface area contributed by atoms with Gasteiger partial charge in [0.15, 0.2) is 6.10 Å². The second-order valence-corrected chi connectivity index (χ2v) is 4.63. The van der Waals surface area contributed by atoms with E-state index < -0.39 is 18.2 Å². The van der Waals surface area contributed by atoms with Crippen LogP contribution < -0.4 is 0 Å². The molecule has 0 radical (unpaired) electrons. The third-order valence-electron chi connectivity index (χ3n) is 3.16. The second kappa shape index (κ2) is 7.02. The van der Waals surface area contributed by atoms with E-state index in [1.807, 2.05) is 36.4 Å². The van der Waals surface area contributed by atoms with Crippen LogP contribution in [0.5, 0.6) is 0 Å². The lowest BCUT2D eigenvalue weighted by Gasteiger charge is -2.17. The number of rotatable bonds is 5. The second-order valence-electron chi connectivity index (χ2n) is 4.63. The molecular formula is C17H18O4. The number of hydrogen-bond acceptors (Lipinski definition) is 4. The number of hydrogen-bond donors (Lipinski definition) is 2. The molecule has 0 aromatic heterocycles. The van der Waals surface area contributed by atoms with Crippen LogP contribution in [0, 0.1) is 0 Å². The molecule has 0 bridgehead atoms. The first kappa shape index (κ1) is 15.2. The standard InChI is InChI=1S/C17H18O4/c1-2-21-17(20)16(19)15(18)14-10-6-9-13(11-14)12-7-4-3-5-8-12/h3-11,15-16,18-19H,2H2,1H3. The van der Waals surface area contributed by atoms with Gasteiger partial charge in [-0.3, -0.25) is 0 Å². The van der Waals surface area contributed by atoms with Crippen LogP contribution in [-0.4, -0.2) is 28.9 Å². The van der Waals surface area contributed by atoms with Gasteiger partial charge in [0, 0.05) is 0 Å². The molecule has 0 amide bonds. The normalized spacial score (nSPS) is 13.5. The lowest BCUT2D eigenvalue weighted by Crippen LogP contribution is -2.29. The van der Waals surface area contributed by atoms with Crippen molar-refractivity contribution in [3.63, 3.8) is 0 Å². The van der Waals surface area contributed by atoms with Crippen molar-refractivity contribution in [1.29, 1.82) is 0 Å². The van der Waals surface area contributed by atoms with Crippen molar-refractivity contribution in [3.8, 4) is 11.1 Å². The van der Waals surface area contributed by atoms with Crippen LogP contribution in [0.2, 0.25) is 0 Å². The molecular weight excluding hydrogens is 268 g/mol. The van der Waals surface area contributed by atoms with Crippen molar-refractivity contribution >= 4 is 5.97 Å². The Labute approximate surface area is 123 Å². The highest BCUT2D eigenvalue weighted by atomic mass is 16.5. The Hall–Kier alpha value is -2.17. The number of ether oxygens (including phenoxy) is 1. The van der Waals surface area contributed by atoms with Crippen molar-refractivity contribution < 1.29 is 19.7 Å². The van der Waals surface area contributed by atoms with Crippen LogP contribution in [-0.2, 0) is 9.53 Å². The van der Waals surface area contributed by atoms with Crippen molar-refractivity contribution in [1.82, 2.24) is 0 Å². The molecule has 0 heterocycles. The molecule has 21 heavy (non-hydrogen) atoms. The highest BCUT2D eigenvalue weighted by Gasteiger charge is 2.27. The first-order valence-electron chi connectivity index (χ1n) is 6.81. The van der Waals surface area contributed by atoms with Gasteiger partial charge in [-0.15, -0.1) is 0 Å². The Balaban J connectivity index is 2.23. The van der Waals surface area contributed by atoms with Crippen molar-refractivity contribution in [2.75, 3.05) is 6.61 Å². The quantitative estimate of drug-likeness (QED) is 0.828. The lowest BCUT2D eigenvalue weighted by atomic mass is 9.98. The molecule has 4 nitrogen and oxygen atoms in total. The van der Waals surface area contributed by atoms with Crippen LogP contribution >= 0.6 is 0 Å². The summed E-state index contributed by atoms with van der Waals surface area (Å²) in [7, 11) is 0. The van der Waals surface area contributed by atoms with Crippen LogP contribution in [0.25, 0.3) is 11.1 Å². The molecule has 0 aliphatic carbocycles. The molecule has 0 fully saturated rings. The monoisotopic (exact) mass is 286 g/mol. The molecule has 4 heteroatoms. The summed E-state index contributed by atoms with van der Waals surface area (Å²) >= 11 is 0. The average molecular weight is 286 g/mol. The van der Waals surface area contributed by atoms with Gasteiger partial charge in [-0.1, -0.05) is 48.5 Å². The molecule has 2 rings (SSSR count). The Morgan fingerprint density at radius 1 is 1.05 bits per heavy atom. The smallest absolute Gasteiger partial charge is 0.338 e. The van der Waals surface area contributed by atoms with Crippen LogP contribution in [0.3, 0.4) is 0 Å². The summed E-state index contributed by atoms with van der Waals surface area (Å²) in [6.07, 6.45) is -2.90. The first-order valence-corrected chi connectivity index (χ1v) is 6.81. The van der Waals surface area contributed by atoms with Gasteiger partial charge in [-0.05, 0) is 29.7 Å². The van der Waals surface area contributed by atoms with Crippen LogP contribution in [0.1, 0.15) is 18.6 Å². The summed E-state index contributed by atoms with van der Waals surface area (Å²) in [6.45, 7) is 1.81. The van der Waals surface area contributed by atoms with E-state index in [0.29, 0.717) is 5.56 Å². The minimum Gasteiger partial charge on any atom is -0.464 e. The molecule has 0 spiro atoms. The average Bonchev–Trinajstić information content (AvgIpc) is 2.54. The molecule has 2 N–H and O–H groups in total. The molecule has 2 unspecified atom stereocenters. The predicted octanol–water partition coefficient (Wildman–Crippen LogP) is 2.31. The molecule has 2 atom stereocenters. The summed E-state index contributed by atoms with van der Waals surface area (Å²) in [5.74, 6) is -0.824. The SMILES string of the molecule is CCOC(=O)C(O)C(O)c1cccc(-c2ccccc2)c1. The topological polar surface area (TPSA) is 66.8 Å². The van der Waals surface area contributed by atoms with E-state index in [1.54, 1.807) is 25.1 Å². The minimum atomic E-state index is -1.59. The molecule has 2 aromatic carbocycles. The number of benzene rings is 2. The summed E-state index contributed by atoms with van der Waals surface area (Å²) in [5, 5.41) is 19.9.